The van der Waals surface area contributed by atoms with Gasteiger partial charge in [-0.25, -0.2) is 0 Å². The molecule has 2 saturated heterocycles. The first-order chi connectivity index (χ1) is 14.3. The second-order valence-corrected chi connectivity index (χ2v) is 8.60. The van der Waals surface area contributed by atoms with Gasteiger partial charge in [0.1, 0.15) is 0 Å². The summed E-state index contributed by atoms with van der Waals surface area (Å²) in [5.41, 5.74) is 3.49. The van der Waals surface area contributed by atoms with E-state index in [1.165, 1.54) is 43.6 Å². The summed E-state index contributed by atoms with van der Waals surface area (Å²) >= 11 is 0. The fraction of sp³-hybridized carbons (Fsp3) is 0.818. The summed E-state index contributed by atoms with van der Waals surface area (Å²) in [5.74, 6) is 0.277. The minimum Gasteiger partial charge on any atom is -0.383 e. The molecule has 0 bridgehead atoms. The van der Waals surface area contributed by atoms with Gasteiger partial charge in [-0.2, -0.15) is 5.10 Å². The monoisotopic (exact) mass is 404 g/mol. The predicted octanol–water partition coefficient (Wildman–Crippen LogP) is 2.01. The number of carbonyl (C=O) groups is 1. The van der Waals surface area contributed by atoms with Crippen molar-refractivity contribution in [2.75, 3.05) is 46.5 Å². The number of carbonyl (C=O) groups excluding carboxylic acids is 1. The van der Waals surface area contributed by atoms with Crippen molar-refractivity contribution in [3.8, 4) is 0 Å². The van der Waals surface area contributed by atoms with E-state index in [9.17, 15) is 4.79 Å². The molecule has 3 aliphatic heterocycles. The van der Waals surface area contributed by atoms with Gasteiger partial charge in [0.15, 0.2) is 0 Å². The molecule has 0 radical (unpaired) electrons. The molecule has 0 N–H and O–H groups in total. The number of aryl methyl sites for hydroxylation is 1. The van der Waals surface area contributed by atoms with Gasteiger partial charge in [0.2, 0.25) is 5.91 Å². The van der Waals surface area contributed by atoms with Crippen LogP contribution in [0.5, 0.6) is 0 Å². The van der Waals surface area contributed by atoms with Crippen LogP contribution in [0, 0.1) is 0 Å². The number of likely N-dealkylation sites (tertiary alicyclic amines) is 2. The summed E-state index contributed by atoms with van der Waals surface area (Å²) in [6.07, 6.45) is 8.45. The summed E-state index contributed by atoms with van der Waals surface area (Å²) < 4.78 is 12.9. The van der Waals surface area contributed by atoms with Crippen LogP contribution in [0.3, 0.4) is 0 Å². The smallest absolute Gasteiger partial charge is 0.222 e. The van der Waals surface area contributed by atoms with Gasteiger partial charge in [-0.3, -0.25) is 9.48 Å². The molecule has 0 aliphatic carbocycles. The largest absolute Gasteiger partial charge is 0.383 e. The number of piperidine rings is 2. The van der Waals surface area contributed by atoms with Crippen LogP contribution in [0.4, 0.5) is 0 Å². The van der Waals surface area contributed by atoms with Gasteiger partial charge < -0.3 is 19.3 Å². The first-order valence-electron chi connectivity index (χ1n) is 11.4. The molecule has 0 aromatic carbocycles. The molecule has 4 rings (SSSR count). The van der Waals surface area contributed by atoms with Crippen LogP contribution in [0.25, 0.3) is 0 Å². The summed E-state index contributed by atoms with van der Waals surface area (Å²) in [6, 6.07) is 0.681. The highest BCUT2D eigenvalue weighted by Crippen LogP contribution is 2.24. The van der Waals surface area contributed by atoms with Crippen molar-refractivity contribution in [2.45, 2.75) is 70.6 Å². The van der Waals surface area contributed by atoms with E-state index in [1.807, 2.05) is 0 Å². The summed E-state index contributed by atoms with van der Waals surface area (Å²) in [6.45, 7) is 7.08. The lowest BCUT2D eigenvalue weighted by Crippen LogP contribution is -2.48. The first kappa shape index (κ1) is 20.8. The lowest BCUT2D eigenvalue weighted by Gasteiger charge is -2.40. The van der Waals surface area contributed by atoms with E-state index in [-0.39, 0.29) is 5.91 Å². The maximum Gasteiger partial charge on any atom is 0.222 e. The van der Waals surface area contributed by atoms with E-state index < -0.39 is 0 Å². The number of aromatic nitrogens is 2. The Morgan fingerprint density at radius 2 is 1.97 bits per heavy atom. The summed E-state index contributed by atoms with van der Waals surface area (Å²) in [4.78, 5) is 17.6. The molecular weight excluding hydrogens is 368 g/mol. The van der Waals surface area contributed by atoms with Crippen LogP contribution >= 0.6 is 0 Å². The number of amides is 1. The Bertz CT molecular complexity index is 676. The molecular formula is C22H36N4O3. The summed E-state index contributed by atoms with van der Waals surface area (Å²) in [7, 11) is 1.72. The van der Waals surface area contributed by atoms with Crippen LogP contribution in [-0.4, -0.2) is 78.0 Å². The maximum atomic E-state index is 12.8. The Morgan fingerprint density at radius 1 is 1.17 bits per heavy atom. The molecule has 1 amide bonds. The predicted molar refractivity (Wildman–Crippen MR) is 111 cm³/mol. The zero-order valence-corrected chi connectivity index (χ0v) is 17.9. The van der Waals surface area contributed by atoms with Gasteiger partial charge in [0.05, 0.1) is 32.1 Å². The second-order valence-electron chi connectivity index (χ2n) is 8.60. The molecule has 0 spiro atoms. The minimum atomic E-state index is 0.277. The third-order valence-corrected chi connectivity index (χ3v) is 6.79. The molecule has 29 heavy (non-hydrogen) atoms. The molecule has 1 aromatic rings. The van der Waals surface area contributed by atoms with E-state index in [1.54, 1.807) is 7.11 Å². The van der Waals surface area contributed by atoms with Crippen LogP contribution in [0.2, 0.25) is 0 Å². The lowest BCUT2D eigenvalue weighted by atomic mass is 9.99. The highest BCUT2D eigenvalue weighted by molar-refractivity contribution is 5.76. The third kappa shape index (κ3) is 5.01. The Kier molecular flexibility index (Phi) is 7.21. The average molecular weight is 405 g/mol. The number of rotatable bonds is 7. The van der Waals surface area contributed by atoms with Crippen molar-refractivity contribution in [3.05, 3.63) is 17.0 Å². The topological polar surface area (TPSA) is 59.8 Å². The van der Waals surface area contributed by atoms with Gasteiger partial charge in [-0.15, -0.1) is 0 Å². The molecule has 1 aromatic heterocycles. The zero-order valence-electron chi connectivity index (χ0n) is 17.9. The van der Waals surface area contributed by atoms with Gasteiger partial charge in [-0.05, 0) is 38.8 Å². The lowest BCUT2D eigenvalue weighted by molar-refractivity contribution is -0.132. The van der Waals surface area contributed by atoms with E-state index in [0.29, 0.717) is 32.1 Å². The SMILES string of the molecule is COCCn1nc(CCC(=O)N2CCC(N3CCCCC3)CC2)c2c1CCOC2. The van der Waals surface area contributed by atoms with Crippen molar-refractivity contribution < 1.29 is 14.3 Å². The number of nitrogens with zero attached hydrogens (tertiary/aromatic N) is 4. The van der Waals surface area contributed by atoms with Crippen molar-refractivity contribution in [1.82, 2.24) is 19.6 Å². The number of ether oxygens (including phenoxy) is 2. The Balaban J connectivity index is 1.29. The van der Waals surface area contributed by atoms with Gasteiger partial charge in [0.25, 0.3) is 0 Å². The van der Waals surface area contributed by atoms with E-state index >= 15 is 0 Å². The van der Waals surface area contributed by atoms with Gasteiger partial charge in [-0.1, -0.05) is 6.42 Å². The molecule has 4 heterocycles. The Labute approximate surface area is 174 Å². The first-order valence-corrected chi connectivity index (χ1v) is 11.4. The van der Waals surface area contributed by atoms with Crippen molar-refractivity contribution >= 4 is 5.91 Å². The number of fused-ring (bicyclic) bond motifs is 1. The minimum absolute atomic E-state index is 0.277. The molecule has 7 nitrogen and oxygen atoms in total. The van der Waals surface area contributed by atoms with Crippen molar-refractivity contribution in [1.29, 1.82) is 0 Å². The summed E-state index contributed by atoms with van der Waals surface area (Å²) in [5, 5.41) is 4.80. The van der Waals surface area contributed by atoms with Gasteiger partial charge in [0, 0.05) is 56.8 Å². The number of hydrogen-bond acceptors (Lipinski definition) is 5. The van der Waals surface area contributed by atoms with E-state index in [2.05, 4.69) is 14.5 Å². The van der Waals surface area contributed by atoms with Crippen molar-refractivity contribution in [3.63, 3.8) is 0 Å². The van der Waals surface area contributed by atoms with Gasteiger partial charge >= 0.3 is 0 Å². The quantitative estimate of drug-likeness (QED) is 0.696. The molecule has 7 heteroatoms. The fourth-order valence-corrected chi connectivity index (χ4v) is 5.09. The highest BCUT2D eigenvalue weighted by atomic mass is 16.5. The Hall–Kier alpha value is -1.44. The van der Waals surface area contributed by atoms with Crippen LogP contribution in [0.15, 0.2) is 0 Å². The fourth-order valence-electron chi connectivity index (χ4n) is 5.09. The molecule has 2 fully saturated rings. The molecule has 3 aliphatic rings. The van der Waals surface area contributed by atoms with Crippen LogP contribution in [0.1, 0.15) is 55.5 Å². The number of methoxy groups -OCH3 is 1. The number of hydrogen-bond donors (Lipinski definition) is 0. The molecule has 162 valence electrons. The van der Waals surface area contributed by atoms with Crippen LogP contribution < -0.4 is 0 Å². The normalized spacial score (nSPS) is 21.3. The molecule has 0 unspecified atom stereocenters. The van der Waals surface area contributed by atoms with E-state index in [0.717, 1.165) is 51.2 Å². The third-order valence-electron chi connectivity index (χ3n) is 6.79. The average Bonchev–Trinajstić information content (AvgIpc) is 3.14. The standard InChI is InChI=1S/C22H36N4O3/c1-28-16-14-26-21-9-15-29-17-19(21)20(23-26)5-6-22(27)25-12-7-18(8-13-25)24-10-3-2-4-11-24/h18H,2-17H2,1H3. The van der Waals surface area contributed by atoms with Crippen LogP contribution in [-0.2, 0) is 40.3 Å². The highest BCUT2D eigenvalue weighted by Gasteiger charge is 2.28. The van der Waals surface area contributed by atoms with E-state index in [4.69, 9.17) is 14.6 Å². The van der Waals surface area contributed by atoms with Crippen molar-refractivity contribution in [2.24, 2.45) is 0 Å². The molecule has 0 saturated carbocycles. The second kappa shape index (κ2) is 10.0. The molecule has 0 atom stereocenters. The zero-order chi connectivity index (χ0) is 20.1. The Morgan fingerprint density at radius 3 is 2.72 bits per heavy atom. The maximum absolute atomic E-state index is 12.8.